The van der Waals surface area contributed by atoms with Gasteiger partial charge in [0.15, 0.2) is 5.13 Å². The number of anilines is 1. The number of aromatic nitrogens is 1. The van der Waals surface area contributed by atoms with Gasteiger partial charge < -0.3 is 9.64 Å². The van der Waals surface area contributed by atoms with Crippen LogP contribution in [0.15, 0.2) is 36.4 Å². The second kappa shape index (κ2) is 9.37. The number of amides is 1. The molecule has 0 aliphatic carbocycles. The van der Waals surface area contributed by atoms with Gasteiger partial charge in [-0.3, -0.25) is 9.69 Å². The van der Waals surface area contributed by atoms with Gasteiger partial charge in [-0.05, 0) is 50.7 Å². The highest BCUT2D eigenvalue weighted by molar-refractivity contribution is 7.22. The zero-order chi connectivity index (χ0) is 21.0. The summed E-state index contributed by atoms with van der Waals surface area (Å²) in [5, 5.41) is 0.713. The summed E-state index contributed by atoms with van der Waals surface area (Å²) in [4.78, 5) is 22.3. The van der Waals surface area contributed by atoms with Gasteiger partial charge in [-0.25, -0.2) is 4.98 Å². The van der Waals surface area contributed by atoms with Crippen LogP contribution in [-0.4, -0.2) is 49.1 Å². The fraction of sp³-hybridized carbons (Fsp3) is 0.391. The Balaban J connectivity index is 2.02. The standard InChI is InChI=1S/C23H29N3O2S/c1-6-25(7-2)14-15-26(22(27)18-11-8-16(3)9-12-18)23-24-20-19(28-5)13-10-17(4)21(20)29-23/h8-13H,6-7,14-15H2,1-5H3. The third kappa shape index (κ3) is 4.60. The Kier molecular flexibility index (Phi) is 6.87. The summed E-state index contributed by atoms with van der Waals surface area (Å²) in [5.41, 5.74) is 3.77. The molecule has 1 heterocycles. The van der Waals surface area contributed by atoms with E-state index >= 15 is 0 Å². The number of rotatable bonds is 8. The Morgan fingerprint density at radius 2 is 1.72 bits per heavy atom. The summed E-state index contributed by atoms with van der Waals surface area (Å²) in [6.07, 6.45) is 0. The average molecular weight is 412 g/mol. The molecule has 0 saturated heterocycles. The van der Waals surface area contributed by atoms with Crippen molar-refractivity contribution in [1.29, 1.82) is 0 Å². The lowest BCUT2D eigenvalue weighted by molar-refractivity contribution is 0.0984. The Hall–Kier alpha value is -2.44. The molecule has 6 heteroatoms. The minimum Gasteiger partial charge on any atom is -0.494 e. The number of nitrogens with zero attached hydrogens (tertiary/aromatic N) is 3. The number of hydrogen-bond donors (Lipinski definition) is 0. The molecule has 0 atom stereocenters. The van der Waals surface area contributed by atoms with E-state index in [2.05, 4.69) is 25.7 Å². The molecule has 0 unspecified atom stereocenters. The van der Waals surface area contributed by atoms with Crippen molar-refractivity contribution in [2.75, 3.05) is 38.2 Å². The van der Waals surface area contributed by atoms with Gasteiger partial charge >= 0.3 is 0 Å². The average Bonchev–Trinajstić information content (AvgIpc) is 3.18. The molecule has 3 rings (SSSR count). The van der Waals surface area contributed by atoms with E-state index in [0.29, 0.717) is 17.2 Å². The topological polar surface area (TPSA) is 45.7 Å². The van der Waals surface area contributed by atoms with Gasteiger partial charge in [0, 0.05) is 18.7 Å². The summed E-state index contributed by atoms with van der Waals surface area (Å²) < 4.78 is 6.56. The number of thiazole rings is 1. The minimum absolute atomic E-state index is 0.0205. The highest BCUT2D eigenvalue weighted by Gasteiger charge is 2.23. The molecule has 0 aliphatic rings. The lowest BCUT2D eigenvalue weighted by atomic mass is 10.1. The van der Waals surface area contributed by atoms with Crippen LogP contribution in [0.25, 0.3) is 10.2 Å². The zero-order valence-electron chi connectivity index (χ0n) is 17.9. The molecular weight excluding hydrogens is 382 g/mol. The SMILES string of the molecule is CCN(CC)CCN(C(=O)c1ccc(C)cc1)c1nc2c(OC)ccc(C)c2s1. The van der Waals surface area contributed by atoms with Gasteiger partial charge in [0.05, 0.1) is 11.8 Å². The predicted molar refractivity (Wildman–Crippen MR) is 122 cm³/mol. The number of aryl methyl sites for hydroxylation is 2. The third-order valence-corrected chi connectivity index (χ3v) is 6.43. The molecule has 0 bridgehead atoms. The van der Waals surface area contributed by atoms with Gasteiger partial charge in [-0.2, -0.15) is 0 Å². The number of methoxy groups -OCH3 is 1. The second-order valence-corrected chi connectivity index (χ2v) is 8.09. The molecule has 29 heavy (non-hydrogen) atoms. The smallest absolute Gasteiger partial charge is 0.260 e. The highest BCUT2D eigenvalue weighted by atomic mass is 32.1. The van der Waals surface area contributed by atoms with Crippen LogP contribution in [0, 0.1) is 13.8 Å². The van der Waals surface area contributed by atoms with Crippen LogP contribution >= 0.6 is 11.3 Å². The van der Waals surface area contributed by atoms with Crippen LogP contribution in [0.3, 0.4) is 0 Å². The second-order valence-electron chi connectivity index (χ2n) is 7.11. The monoisotopic (exact) mass is 411 g/mol. The van der Waals surface area contributed by atoms with E-state index in [1.54, 1.807) is 18.4 Å². The lowest BCUT2D eigenvalue weighted by Gasteiger charge is -2.24. The van der Waals surface area contributed by atoms with Crippen LogP contribution < -0.4 is 9.64 Å². The molecule has 3 aromatic rings. The summed E-state index contributed by atoms with van der Waals surface area (Å²) in [6, 6.07) is 11.7. The molecule has 2 aromatic carbocycles. The number of ether oxygens (including phenoxy) is 1. The molecule has 0 spiro atoms. The number of likely N-dealkylation sites (N-methyl/N-ethyl adjacent to an activating group) is 1. The first-order chi connectivity index (χ1) is 14.0. The van der Waals surface area contributed by atoms with Crippen molar-refractivity contribution in [2.45, 2.75) is 27.7 Å². The highest BCUT2D eigenvalue weighted by Crippen LogP contribution is 2.36. The summed E-state index contributed by atoms with van der Waals surface area (Å²) in [6.45, 7) is 11.7. The normalized spacial score (nSPS) is 11.2. The lowest BCUT2D eigenvalue weighted by Crippen LogP contribution is -2.38. The van der Waals surface area contributed by atoms with E-state index in [1.165, 1.54) is 0 Å². The molecule has 1 amide bonds. The number of carbonyl (C=O) groups is 1. The Morgan fingerprint density at radius 3 is 2.34 bits per heavy atom. The fourth-order valence-electron chi connectivity index (χ4n) is 3.30. The molecule has 154 valence electrons. The third-order valence-electron chi connectivity index (χ3n) is 5.22. The zero-order valence-corrected chi connectivity index (χ0v) is 18.7. The van der Waals surface area contributed by atoms with Crippen LogP contribution in [0.2, 0.25) is 0 Å². The van der Waals surface area contributed by atoms with Gasteiger partial charge in [0.2, 0.25) is 0 Å². The molecular formula is C23H29N3O2S. The molecule has 0 fully saturated rings. The van der Waals surface area contributed by atoms with Crippen molar-refractivity contribution >= 4 is 32.6 Å². The number of hydrogen-bond acceptors (Lipinski definition) is 5. The van der Waals surface area contributed by atoms with Crippen molar-refractivity contribution in [3.05, 3.63) is 53.1 Å². The summed E-state index contributed by atoms with van der Waals surface area (Å²) >= 11 is 1.55. The van der Waals surface area contributed by atoms with E-state index in [4.69, 9.17) is 9.72 Å². The molecule has 0 saturated carbocycles. The van der Waals surface area contributed by atoms with E-state index < -0.39 is 0 Å². The minimum atomic E-state index is -0.0205. The Morgan fingerprint density at radius 1 is 1.03 bits per heavy atom. The van der Waals surface area contributed by atoms with E-state index in [0.717, 1.165) is 46.7 Å². The summed E-state index contributed by atoms with van der Waals surface area (Å²) in [5.74, 6) is 0.715. The quantitative estimate of drug-likeness (QED) is 0.528. The van der Waals surface area contributed by atoms with Crippen LogP contribution in [0.4, 0.5) is 5.13 Å². The van der Waals surface area contributed by atoms with Crippen molar-refractivity contribution in [2.24, 2.45) is 0 Å². The molecule has 0 radical (unpaired) electrons. The fourth-order valence-corrected chi connectivity index (χ4v) is 4.37. The first-order valence-corrected chi connectivity index (χ1v) is 10.8. The van der Waals surface area contributed by atoms with Gasteiger partial charge in [0.1, 0.15) is 11.3 Å². The van der Waals surface area contributed by atoms with E-state index in [9.17, 15) is 4.79 Å². The molecule has 1 aromatic heterocycles. The van der Waals surface area contributed by atoms with Crippen molar-refractivity contribution in [3.8, 4) is 5.75 Å². The molecule has 0 N–H and O–H groups in total. The number of carbonyl (C=O) groups excluding carboxylic acids is 1. The van der Waals surface area contributed by atoms with Gasteiger partial charge in [-0.1, -0.05) is 48.9 Å². The maximum atomic E-state index is 13.4. The van der Waals surface area contributed by atoms with Crippen molar-refractivity contribution in [3.63, 3.8) is 0 Å². The van der Waals surface area contributed by atoms with Crippen LogP contribution in [0.5, 0.6) is 5.75 Å². The van der Waals surface area contributed by atoms with E-state index in [1.807, 2.05) is 48.2 Å². The Labute approximate surface area is 176 Å². The maximum absolute atomic E-state index is 13.4. The van der Waals surface area contributed by atoms with Crippen molar-refractivity contribution in [1.82, 2.24) is 9.88 Å². The molecule has 0 aliphatic heterocycles. The number of fused-ring (bicyclic) bond motifs is 1. The first kappa shape index (κ1) is 21.3. The predicted octanol–water partition coefficient (Wildman–Crippen LogP) is 4.91. The largest absolute Gasteiger partial charge is 0.494 e. The number of benzene rings is 2. The van der Waals surface area contributed by atoms with Crippen LogP contribution in [-0.2, 0) is 0 Å². The summed E-state index contributed by atoms with van der Waals surface area (Å²) in [7, 11) is 1.65. The Bertz CT molecular complexity index is 978. The van der Waals surface area contributed by atoms with E-state index in [-0.39, 0.29) is 5.91 Å². The van der Waals surface area contributed by atoms with Gasteiger partial charge in [0.25, 0.3) is 5.91 Å². The van der Waals surface area contributed by atoms with Gasteiger partial charge in [-0.15, -0.1) is 0 Å². The maximum Gasteiger partial charge on any atom is 0.260 e. The first-order valence-electron chi connectivity index (χ1n) is 10.0. The van der Waals surface area contributed by atoms with Crippen molar-refractivity contribution < 1.29 is 9.53 Å². The van der Waals surface area contributed by atoms with Crippen LogP contribution in [0.1, 0.15) is 35.3 Å². The molecule has 5 nitrogen and oxygen atoms in total.